The molecule has 1 rings (SSSR count). The predicted octanol–water partition coefficient (Wildman–Crippen LogP) is 1.41. The molecule has 0 spiro atoms. The maximum atomic E-state index is 11.6. The number of hydrogen-bond acceptors (Lipinski definition) is 4. The van der Waals surface area contributed by atoms with E-state index in [1.165, 1.54) is 22.9 Å². The van der Waals surface area contributed by atoms with Crippen molar-refractivity contribution >= 4 is 11.7 Å². The number of esters is 1. The van der Waals surface area contributed by atoms with Crippen LogP contribution in [-0.2, 0) is 16.1 Å². The summed E-state index contributed by atoms with van der Waals surface area (Å²) < 4.78 is 6.47. The number of nitrogen functional groups attached to an aromatic ring is 1. The number of carbonyl (C=O) groups is 1. The lowest BCUT2D eigenvalue weighted by Crippen LogP contribution is -2.27. The van der Waals surface area contributed by atoms with Crippen molar-refractivity contribution in [3.05, 3.63) is 28.7 Å². The Morgan fingerprint density at radius 1 is 1.39 bits per heavy atom. The topological polar surface area (TPSA) is 74.3 Å². The zero-order chi connectivity index (χ0) is 13.7. The SMILES string of the molecule is CC(C)CC(C)OC(=O)Cn1cc(N)ccc1=O. The summed E-state index contributed by atoms with van der Waals surface area (Å²) in [4.78, 5) is 23.1. The lowest BCUT2D eigenvalue weighted by Gasteiger charge is -2.15. The van der Waals surface area contributed by atoms with Gasteiger partial charge >= 0.3 is 5.97 Å². The van der Waals surface area contributed by atoms with Gasteiger partial charge in [0.2, 0.25) is 0 Å². The lowest BCUT2D eigenvalue weighted by molar-refractivity contribution is -0.149. The Hall–Kier alpha value is -1.78. The van der Waals surface area contributed by atoms with E-state index >= 15 is 0 Å². The molecule has 2 N–H and O–H groups in total. The number of rotatable bonds is 5. The summed E-state index contributed by atoms with van der Waals surface area (Å²) in [5.74, 6) is 0.0405. The molecule has 0 aliphatic heterocycles. The summed E-state index contributed by atoms with van der Waals surface area (Å²) in [5, 5.41) is 0. The summed E-state index contributed by atoms with van der Waals surface area (Å²) in [6.07, 6.45) is 2.10. The van der Waals surface area contributed by atoms with Gasteiger partial charge in [-0.2, -0.15) is 0 Å². The van der Waals surface area contributed by atoms with Crippen LogP contribution in [0.1, 0.15) is 27.2 Å². The van der Waals surface area contributed by atoms with Crippen LogP contribution >= 0.6 is 0 Å². The summed E-state index contributed by atoms with van der Waals surface area (Å²) in [7, 11) is 0. The average molecular weight is 252 g/mol. The van der Waals surface area contributed by atoms with E-state index in [9.17, 15) is 9.59 Å². The molecule has 0 aliphatic carbocycles. The Kier molecular flexibility index (Phi) is 4.95. The van der Waals surface area contributed by atoms with Gasteiger partial charge in [-0.3, -0.25) is 9.59 Å². The highest BCUT2D eigenvalue weighted by Crippen LogP contribution is 2.08. The van der Waals surface area contributed by atoms with Gasteiger partial charge in [-0.05, 0) is 25.3 Å². The van der Waals surface area contributed by atoms with Gasteiger partial charge in [0, 0.05) is 18.0 Å². The molecule has 1 aromatic heterocycles. The van der Waals surface area contributed by atoms with Crippen LogP contribution in [-0.4, -0.2) is 16.6 Å². The largest absolute Gasteiger partial charge is 0.461 e. The van der Waals surface area contributed by atoms with E-state index in [-0.39, 0.29) is 18.2 Å². The fourth-order valence-electron chi connectivity index (χ4n) is 1.79. The molecule has 1 unspecified atom stereocenters. The molecular weight excluding hydrogens is 232 g/mol. The molecule has 0 aliphatic rings. The summed E-state index contributed by atoms with van der Waals surface area (Å²) in [5.41, 5.74) is 5.73. The Labute approximate surface area is 107 Å². The van der Waals surface area contributed by atoms with Crippen molar-refractivity contribution in [2.75, 3.05) is 5.73 Å². The molecule has 1 heterocycles. The minimum atomic E-state index is -0.421. The van der Waals surface area contributed by atoms with Gasteiger partial charge in [-0.1, -0.05) is 13.8 Å². The zero-order valence-corrected chi connectivity index (χ0v) is 11.1. The highest BCUT2D eigenvalue weighted by molar-refractivity contribution is 5.69. The first-order valence-corrected chi connectivity index (χ1v) is 6.04. The van der Waals surface area contributed by atoms with Gasteiger partial charge < -0.3 is 15.0 Å². The molecule has 1 aromatic rings. The van der Waals surface area contributed by atoms with Crippen molar-refractivity contribution in [1.29, 1.82) is 0 Å². The first-order valence-electron chi connectivity index (χ1n) is 6.04. The highest BCUT2D eigenvalue weighted by atomic mass is 16.5. The van der Waals surface area contributed by atoms with Crippen LogP contribution in [0.15, 0.2) is 23.1 Å². The second-order valence-electron chi connectivity index (χ2n) is 4.86. The molecule has 0 amide bonds. The van der Waals surface area contributed by atoms with Crippen LogP contribution in [0.4, 0.5) is 5.69 Å². The number of pyridine rings is 1. The number of nitrogens with two attached hydrogens (primary N) is 1. The third kappa shape index (κ3) is 4.61. The van der Waals surface area contributed by atoms with Crippen molar-refractivity contribution < 1.29 is 9.53 Å². The molecule has 0 aromatic carbocycles. The first-order chi connectivity index (χ1) is 8.38. The number of nitrogens with zero attached hydrogens (tertiary/aromatic N) is 1. The summed E-state index contributed by atoms with van der Waals surface area (Å²) in [6, 6.07) is 2.84. The van der Waals surface area contributed by atoms with Gasteiger partial charge in [0.1, 0.15) is 6.54 Å². The molecule has 100 valence electrons. The molecule has 18 heavy (non-hydrogen) atoms. The Bertz CT molecular complexity index is 466. The zero-order valence-electron chi connectivity index (χ0n) is 11.1. The second kappa shape index (κ2) is 6.23. The summed E-state index contributed by atoms with van der Waals surface area (Å²) >= 11 is 0. The normalized spacial score (nSPS) is 12.4. The van der Waals surface area contributed by atoms with Crippen LogP contribution in [0.3, 0.4) is 0 Å². The fraction of sp³-hybridized carbons (Fsp3) is 0.538. The molecular formula is C13H20N2O3. The van der Waals surface area contributed by atoms with Crippen molar-refractivity contribution in [2.45, 2.75) is 39.8 Å². The van der Waals surface area contributed by atoms with Crippen molar-refractivity contribution in [1.82, 2.24) is 4.57 Å². The molecule has 0 saturated heterocycles. The molecule has 0 fully saturated rings. The standard InChI is InChI=1S/C13H20N2O3/c1-9(2)6-10(3)18-13(17)8-15-7-11(14)4-5-12(15)16/h4-5,7,9-10H,6,8,14H2,1-3H3. The minimum Gasteiger partial charge on any atom is -0.461 e. The Morgan fingerprint density at radius 3 is 2.67 bits per heavy atom. The molecule has 1 atom stereocenters. The number of ether oxygens (including phenoxy) is 1. The number of hydrogen-bond donors (Lipinski definition) is 1. The lowest BCUT2D eigenvalue weighted by atomic mass is 10.1. The van der Waals surface area contributed by atoms with Crippen LogP contribution < -0.4 is 11.3 Å². The summed E-state index contributed by atoms with van der Waals surface area (Å²) in [6.45, 7) is 5.87. The number of aromatic nitrogens is 1. The minimum absolute atomic E-state index is 0.105. The molecule has 5 heteroatoms. The second-order valence-corrected chi connectivity index (χ2v) is 4.86. The van der Waals surface area contributed by atoms with Gasteiger partial charge in [0.15, 0.2) is 0 Å². The van der Waals surface area contributed by atoms with E-state index in [1.54, 1.807) is 0 Å². The number of carbonyl (C=O) groups excluding carboxylic acids is 1. The van der Waals surface area contributed by atoms with Crippen LogP contribution in [0, 0.1) is 5.92 Å². The van der Waals surface area contributed by atoms with Crippen molar-refractivity contribution in [3.8, 4) is 0 Å². The molecule has 0 saturated carbocycles. The van der Waals surface area contributed by atoms with Crippen molar-refractivity contribution in [2.24, 2.45) is 5.92 Å². The predicted molar refractivity (Wildman–Crippen MR) is 70.1 cm³/mol. The molecule has 0 radical (unpaired) electrons. The van der Waals surface area contributed by atoms with Crippen molar-refractivity contribution in [3.63, 3.8) is 0 Å². The van der Waals surface area contributed by atoms with E-state index in [2.05, 4.69) is 13.8 Å². The average Bonchev–Trinajstić information content (AvgIpc) is 2.21. The van der Waals surface area contributed by atoms with Crippen LogP contribution in [0.25, 0.3) is 0 Å². The molecule has 5 nitrogen and oxygen atoms in total. The van der Waals surface area contributed by atoms with E-state index < -0.39 is 5.97 Å². The highest BCUT2D eigenvalue weighted by Gasteiger charge is 2.12. The van der Waals surface area contributed by atoms with E-state index in [4.69, 9.17) is 10.5 Å². The van der Waals surface area contributed by atoms with Gasteiger partial charge in [0.25, 0.3) is 5.56 Å². The maximum absolute atomic E-state index is 11.6. The quantitative estimate of drug-likeness (QED) is 0.804. The smallest absolute Gasteiger partial charge is 0.326 e. The fourth-order valence-corrected chi connectivity index (χ4v) is 1.79. The van der Waals surface area contributed by atoms with Crippen LogP contribution in [0.2, 0.25) is 0 Å². The van der Waals surface area contributed by atoms with Gasteiger partial charge in [0.05, 0.1) is 6.10 Å². The third-order valence-electron chi connectivity index (χ3n) is 2.44. The van der Waals surface area contributed by atoms with E-state index in [0.29, 0.717) is 11.6 Å². The maximum Gasteiger partial charge on any atom is 0.326 e. The Balaban J connectivity index is 2.59. The monoisotopic (exact) mass is 252 g/mol. The van der Waals surface area contributed by atoms with Gasteiger partial charge in [-0.15, -0.1) is 0 Å². The van der Waals surface area contributed by atoms with E-state index in [1.807, 2.05) is 6.92 Å². The third-order valence-corrected chi connectivity index (χ3v) is 2.44. The van der Waals surface area contributed by atoms with Gasteiger partial charge in [-0.25, -0.2) is 0 Å². The van der Waals surface area contributed by atoms with Crippen LogP contribution in [0.5, 0.6) is 0 Å². The molecule has 0 bridgehead atoms. The Morgan fingerprint density at radius 2 is 2.06 bits per heavy atom. The number of anilines is 1. The first kappa shape index (κ1) is 14.3. The van der Waals surface area contributed by atoms with E-state index in [0.717, 1.165) is 6.42 Å².